The number of rotatable bonds is 4. The number of hydrogen-bond acceptors (Lipinski definition) is 1. The molecule has 1 aliphatic carbocycles. The Morgan fingerprint density at radius 1 is 1.14 bits per heavy atom. The highest BCUT2D eigenvalue weighted by Gasteiger charge is 2.40. The van der Waals surface area contributed by atoms with E-state index in [1.165, 1.54) is 44.1 Å². The second-order valence-electron chi connectivity index (χ2n) is 8.51. The van der Waals surface area contributed by atoms with Gasteiger partial charge in [0.2, 0.25) is 0 Å². The normalized spacial score (nSPS) is 40.0. The van der Waals surface area contributed by atoms with E-state index < -0.39 is 0 Å². The molecule has 1 saturated heterocycles. The fourth-order valence-electron chi connectivity index (χ4n) is 4.51. The molecule has 0 aromatic rings. The van der Waals surface area contributed by atoms with Crippen molar-refractivity contribution in [3.05, 3.63) is 24.8 Å². The van der Waals surface area contributed by atoms with Crippen molar-refractivity contribution in [1.29, 1.82) is 0 Å². The lowest BCUT2D eigenvalue weighted by Gasteiger charge is -2.46. The first-order chi connectivity index (χ1) is 9.70. The van der Waals surface area contributed by atoms with Gasteiger partial charge in [0.05, 0.1) is 11.2 Å². The molecule has 1 saturated carbocycles. The third kappa shape index (κ3) is 3.80. The molecular formula is C20H34O. The summed E-state index contributed by atoms with van der Waals surface area (Å²) in [7, 11) is 0. The predicted molar refractivity (Wildman–Crippen MR) is 91.4 cm³/mol. The second-order valence-corrected chi connectivity index (χ2v) is 8.51. The molecule has 120 valence electrons. The van der Waals surface area contributed by atoms with Gasteiger partial charge in [-0.15, -0.1) is 6.58 Å². The van der Waals surface area contributed by atoms with Crippen LogP contribution >= 0.6 is 0 Å². The molecule has 1 heteroatoms. The van der Waals surface area contributed by atoms with E-state index in [9.17, 15) is 0 Å². The summed E-state index contributed by atoms with van der Waals surface area (Å²) >= 11 is 0. The van der Waals surface area contributed by atoms with Gasteiger partial charge in [-0.05, 0) is 76.5 Å². The Morgan fingerprint density at radius 2 is 1.86 bits per heavy atom. The van der Waals surface area contributed by atoms with Crippen molar-refractivity contribution >= 4 is 0 Å². The predicted octanol–water partition coefficient (Wildman–Crippen LogP) is 6.05. The van der Waals surface area contributed by atoms with Gasteiger partial charge < -0.3 is 4.74 Å². The van der Waals surface area contributed by atoms with Gasteiger partial charge in [-0.3, -0.25) is 0 Å². The molecular weight excluding hydrogens is 256 g/mol. The number of hydrogen-bond donors (Lipinski definition) is 0. The Morgan fingerprint density at radius 3 is 2.48 bits per heavy atom. The fraction of sp³-hybridized carbons (Fsp3) is 0.800. The Labute approximate surface area is 131 Å². The van der Waals surface area contributed by atoms with Crippen molar-refractivity contribution in [2.75, 3.05) is 0 Å². The standard InChI is InChI=1S/C20H34O/c1-7-19(5)13-9-14-20(6,21-19)15-11-17-16(2)10-8-12-18(17,3)4/h7,17H,1-2,8-15H2,3-6H3/t17-,19+,20+/m0/s1. The van der Waals surface area contributed by atoms with Crippen LogP contribution in [0.15, 0.2) is 24.8 Å². The Bertz CT molecular complexity index is 408. The molecule has 0 amide bonds. The van der Waals surface area contributed by atoms with Crippen LogP contribution in [0.2, 0.25) is 0 Å². The van der Waals surface area contributed by atoms with Crippen LogP contribution in [0.5, 0.6) is 0 Å². The highest BCUT2D eigenvalue weighted by molar-refractivity contribution is 5.10. The van der Waals surface area contributed by atoms with Crippen LogP contribution in [0.4, 0.5) is 0 Å². The first-order valence-corrected chi connectivity index (χ1v) is 8.71. The van der Waals surface area contributed by atoms with Crippen LogP contribution in [0.1, 0.15) is 79.1 Å². The van der Waals surface area contributed by atoms with Crippen LogP contribution < -0.4 is 0 Å². The molecule has 2 rings (SSSR count). The molecule has 1 aliphatic heterocycles. The van der Waals surface area contributed by atoms with E-state index in [0.29, 0.717) is 11.3 Å². The highest BCUT2D eigenvalue weighted by Crippen LogP contribution is 2.47. The van der Waals surface area contributed by atoms with Gasteiger partial charge in [0.25, 0.3) is 0 Å². The first-order valence-electron chi connectivity index (χ1n) is 8.71. The zero-order valence-corrected chi connectivity index (χ0v) is 14.6. The van der Waals surface area contributed by atoms with Crippen LogP contribution in [0, 0.1) is 11.3 Å². The lowest BCUT2D eigenvalue weighted by atomic mass is 9.64. The zero-order chi connectivity index (χ0) is 15.7. The smallest absolute Gasteiger partial charge is 0.0839 e. The zero-order valence-electron chi connectivity index (χ0n) is 14.6. The number of ether oxygens (including phenoxy) is 1. The Balaban J connectivity index is 2.01. The van der Waals surface area contributed by atoms with Crippen LogP contribution in [0.25, 0.3) is 0 Å². The lowest BCUT2D eigenvalue weighted by molar-refractivity contribution is -0.155. The summed E-state index contributed by atoms with van der Waals surface area (Å²) in [5.41, 5.74) is 1.75. The van der Waals surface area contributed by atoms with Crippen LogP contribution in [-0.4, -0.2) is 11.2 Å². The summed E-state index contributed by atoms with van der Waals surface area (Å²) in [5, 5.41) is 0. The third-order valence-corrected chi connectivity index (χ3v) is 6.01. The van der Waals surface area contributed by atoms with E-state index in [0.717, 1.165) is 12.8 Å². The third-order valence-electron chi connectivity index (χ3n) is 6.01. The van der Waals surface area contributed by atoms with Gasteiger partial charge in [-0.2, -0.15) is 0 Å². The summed E-state index contributed by atoms with van der Waals surface area (Å²) < 4.78 is 6.46. The molecule has 0 unspecified atom stereocenters. The quantitative estimate of drug-likeness (QED) is 0.572. The molecule has 2 aliphatic rings. The van der Waals surface area contributed by atoms with E-state index in [2.05, 4.69) is 40.9 Å². The summed E-state index contributed by atoms with van der Waals surface area (Å²) in [6.07, 6.45) is 11.7. The van der Waals surface area contributed by atoms with Gasteiger partial charge in [-0.25, -0.2) is 0 Å². The molecule has 0 N–H and O–H groups in total. The summed E-state index contributed by atoms with van der Waals surface area (Å²) in [6, 6.07) is 0. The van der Waals surface area contributed by atoms with E-state index >= 15 is 0 Å². The molecule has 0 spiro atoms. The van der Waals surface area contributed by atoms with Crippen LogP contribution in [0.3, 0.4) is 0 Å². The van der Waals surface area contributed by atoms with Crippen molar-refractivity contribution in [2.24, 2.45) is 11.3 Å². The lowest BCUT2D eigenvalue weighted by Crippen LogP contribution is -2.44. The Kier molecular flexibility index (Phi) is 4.73. The van der Waals surface area contributed by atoms with Gasteiger partial charge in [-0.1, -0.05) is 32.1 Å². The summed E-state index contributed by atoms with van der Waals surface area (Å²) in [4.78, 5) is 0. The molecule has 2 fully saturated rings. The molecule has 0 radical (unpaired) electrons. The minimum absolute atomic E-state index is 0.00893. The Hall–Kier alpha value is -0.560. The molecule has 3 atom stereocenters. The topological polar surface area (TPSA) is 9.23 Å². The average Bonchev–Trinajstić information content (AvgIpc) is 2.37. The van der Waals surface area contributed by atoms with Crippen LogP contribution in [-0.2, 0) is 4.74 Å². The summed E-state index contributed by atoms with van der Waals surface area (Å²) in [6.45, 7) is 17.6. The maximum atomic E-state index is 6.46. The summed E-state index contributed by atoms with van der Waals surface area (Å²) in [5.74, 6) is 0.656. The van der Waals surface area contributed by atoms with Gasteiger partial charge in [0, 0.05) is 0 Å². The van der Waals surface area contributed by atoms with E-state index in [4.69, 9.17) is 4.74 Å². The van der Waals surface area contributed by atoms with Gasteiger partial charge >= 0.3 is 0 Å². The van der Waals surface area contributed by atoms with E-state index in [1.54, 1.807) is 0 Å². The van der Waals surface area contributed by atoms with E-state index in [1.807, 2.05) is 6.08 Å². The van der Waals surface area contributed by atoms with Gasteiger partial charge in [0.15, 0.2) is 0 Å². The molecule has 0 aromatic heterocycles. The number of allylic oxidation sites excluding steroid dienone is 1. The maximum absolute atomic E-state index is 6.46. The minimum atomic E-state index is -0.133. The van der Waals surface area contributed by atoms with E-state index in [-0.39, 0.29) is 11.2 Å². The molecule has 1 heterocycles. The first kappa shape index (κ1) is 16.8. The SMILES string of the molecule is C=C[C@]1(C)CCC[C@](C)(CC[C@H]2C(=C)CCCC2(C)C)O1. The average molecular weight is 290 g/mol. The fourth-order valence-corrected chi connectivity index (χ4v) is 4.51. The highest BCUT2D eigenvalue weighted by atomic mass is 16.5. The largest absolute Gasteiger partial charge is 0.365 e. The second kappa shape index (κ2) is 5.91. The molecule has 0 bridgehead atoms. The van der Waals surface area contributed by atoms with Crippen molar-refractivity contribution in [1.82, 2.24) is 0 Å². The van der Waals surface area contributed by atoms with Crippen molar-refractivity contribution < 1.29 is 4.74 Å². The van der Waals surface area contributed by atoms with Crippen molar-refractivity contribution in [2.45, 2.75) is 90.3 Å². The molecule has 0 aromatic carbocycles. The minimum Gasteiger partial charge on any atom is -0.365 e. The monoisotopic (exact) mass is 290 g/mol. The molecule has 21 heavy (non-hydrogen) atoms. The van der Waals surface area contributed by atoms with Crippen molar-refractivity contribution in [3.63, 3.8) is 0 Å². The van der Waals surface area contributed by atoms with Gasteiger partial charge in [0.1, 0.15) is 0 Å². The van der Waals surface area contributed by atoms with Crippen molar-refractivity contribution in [3.8, 4) is 0 Å². The maximum Gasteiger partial charge on any atom is 0.0839 e. The molecule has 1 nitrogen and oxygen atoms in total.